The normalized spacial score (nSPS) is 19.2. The summed E-state index contributed by atoms with van der Waals surface area (Å²) in [6.45, 7) is 1.76. The Balaban J connectivity index is 1.98. The number of hydrogen-bond acceptors (Lipinski definition) is 3. The highest BCUT2D eigenvalue weighted by molar-refractivity contribution is 6.10. The van der Waals surface area contributed by atoms with Crippen LogP contribution in [0.2, 0.25) is 0 Å². The molecule has 0 aliphatic carbocycles. The number of rotatable bonds is 1. The molecule has 2 aliphatic rings. The summed E-state index contributed by atoms with van der Waals surface area (Å²) in [7, 11) is 0. The number of benzene rings is 1. The van der Waals surface area contributed by atoms with Gasteiger partial charge in [0.05, 0.1) is 11.4 Å². The zero-order valence-electron chi connectivity index (χ0n) is 10.9. The fourth-order valence-electron chi connectivity index (χ4n) is 2.77. The van der Waals surface area contributed by atoms with Crippen LogP contribution in [0.5, 0.6) is 0 Å². The molecule has 1 aromatic carbocycles. The predicted molar refractivity (Wildman–Crippen MR) is 74.2 cm³/mol. The average Bonchev–Trinajstić information content (AvgIpc) is 2.68. The Morgan fingerprint density at radius 1 is 1.11 bits per heavy atom. The van der Waals surface area contributed by atoms with Gasteiger partial charge in [-0.05, 0) is 25.0 Å². The number of ketones is 1. The van der Waals surface area contributed by atoms with Gasteiger partial charge in [0.25, 0.3) is 0 Å². The first-order valence-electron chi connectivity index (χ1n) is 6.90. The molecule has 2 aliphatic heterocycles. The summed E-state index contributed by atoms with van der Waals surface area (Å²) < 4.78 is 14.2. The number of fused-ring (bicyclic) bond motifs is 1. The molecule has 0 amide bonds. The van der Waals surface area contributed by atoms with Crippen molar-refractivity contribution in [2.24, 2.45) is 4.99 Å². The van der Waals surface area contributed by atoms with Crippen LogP contribution in [0.4, 0.5) is 15.8 Å². The van der Waals surface area contributed by atoms with Crippen molar-refractivity contribution in [1.82, 2.24) is 0 Å². The number of carbonyl (C=O) groups is 1. The molecule has 0 radical (unpaired) electrons. The van der Waals surface area contributed by atoms with E-state index in [-0.39, 0.29) is 18.0 Å². The van der Waals surface area contributed by atoms with Gasteiger partial charge in [-0.1, -0.05) is 12.8 Å². The third-order valence-electron chi connectivity index (χ3n) is 3.82. The summed E-state index contributed by atoms with van der Waals surface area (Å²) in [5, 5.41) is 0. The van der Waals surface area contributed by atoms with Crippen LogP contribution < -0.4 is 4.90 Å². The van der Waals surface area contributed by atoms with Gasteiger partial charge < -0.3 is 4.90 Å². The van der Waals surface area contributed by atoms with Crippen LogP contribution in [0.15, 0.2) is 17.1 Å². The molecule has 0 bridgehead atoms. The molecule has 0 unspecified atom stereocenters. The Hall–Kier alpha value is -1.71. The Labute approximate surface area is 112 Å². The molecule has 0 saturated carbocycles. The predicted octanol–water partition coefficient (Wildman–Crippen LogP) is 3.49. The smallest absolute Gasteiger partial charge is 0.170 e. The van der Waals surface area contributed by atoms with Crippen LogP contribution in [0.25, 0.3) is 0 Å². The lowest BCUT2D eigenvalue weighted by molar-refractivity contribution is 0.100. The van der Waals surface area contributed by atoms with Crippen LogP contribution >= 0.6 is 0 Å². The fourth-order valence-corrected chi connectivity index (χ4v) is 2.77. The molecule has 0 N–H and O–H groups in total. The molecular weight excluding hydrogens is 243 g/mol. The third kappa shape index (κ3) is 2.39. The van der Waals surface area contributed by atoms with Gasteiger partial charge in [0.15, 0.2) is 5.78 Å². The minimum Gasteiger partial charge on any atom is -0.369 e. The van der Waals surface area contributed by atoms with Crippen LogP contribution in [0.1, 0.15) is 42.5 Å². The molecule has 4 heteroatoms. The number of halogens is 1. The van der Waals surface area contributed by atoms with Crippen molar-refractivity contribution in [2.75, 3.05) is 18.0 Å². The minimum absolute atomic E-state index is 0.0497. The van der Waals surface area contributed by atoms with E-state index in [2.05, 4.69) is 9.89 Å². The van der Waals surface area contributed by atoms with Crippen LogP contribution in [-0.2, 0) is 0 Å². The average molecular weight is 260 g/mol. The van der Waals surface area contributed by atoms with Gasteiger partial charge in [-0.25, -0.2) is 4.39 Å². The van der Waals surface area contributed by atoms with E-state index in [1.165, 1.54) is 18.9 Å². The van der Waals surface area contributed by atoms with E-state index in [4.69, 9.17) is 0 Å². The van der Waals surface area contributed by atoms with E-state index in [9.17, 15) is 9.18 Å². The van der Waals surface area contributed by atoms with E-state index in [0.29, 0.717) is 16.9 Å². The second-order valence-electron chi connectivity index (χ2n) is 5.16. The molecule has 1 saturated heterocycles. The molecule has 2 heterocycles. The maximum atomic E-state index is 14.2. The SMILES string of the molecule is O=C1CC=Nc2cc(N3CCCCCC3)c(F)cc21. The van der Waals surface area contributed by atoms with Crippen molar-refractivity contribution in [3.63, 3.8) is 0 Å². The molecule has 19 heavy (non-hydrogen) atoms. The summed E-state index contributed by atoms with van der Waals surface area (Å²) in [5.74, 6) is -0.350. The standard InChI is InChI=1S/C15H17FN2O/c16-12-9-11-13(17-6-5-15(11)19)10-14(12)18-7-3-1-2-4-8-18/h6,9-10H,1-5,7-8H2. The van der Waals surface area contributed by atoms with Gasteiger partial charge in [0, 0.05) is 31.3 Å². The molecule has 0 spiro atoms. The zero-order valence-corrected chi connectivity index (χ0v) is 10.9. The molecule has 3 nitrogen and oxygen atoms in total. The molecule has 0 atom stereocenters. The Morgan fingerprint density at radius 3 is 2.58 bits per heavy atom. The van der Waals surface area contributed by atoms with Gasteiger partial charge in [-0.3, -0.25) is 9.79 Å². The van der Waals surface area contributed by atoms with Gasteiger partial charge in [0.1, 0.15) is 5.82 Å². The minimum atomic E-state index is -0.300. The summed E-state index contributed by atoms with van der Waals surface area (Å²) in [4.78, 5) is 18.0. The molecule has 1 fully saturated rings. The third-order valence-corrected chi connectivity index (χ3v) is 3.82. The molecular formula is C15H17FN2O. The number of nitrogens with zero attached hydrogens (tertiary/aromatic N) is 2. The lowest BCUT2D eigenvalue weighted by atomic mass is 10.0. The largest absolute Gasteiger partial charge is 0.369 e. The van der Waals surface area contributed by atoms with Gasteiger partial charge in [0.2, 0.25) is 0 Å². The summed E-state index contributed by atoms with van der Waals surface area (Å²) in [6, 6.07) is 3.08. The van der Waals surface area contributed by atoms with E-state index >= 15 is 0 Å². The molecule has 1 aromatic rings. The van der Waals surface area contributed by atoms with E-state index in [0.717, 1.165) is 25.9 Å². The van der Waals surface area contributed by atoms with Gasteiger partial charge >= 0.3 is 0 Å². The molecule has 0 aromatic heterocycles. The van der Waals surface area contributed by atoms with Crippen molar-refractivity contribution >= 4 is 23.4 Å². The zero-order chi connectivity index (χ0) is 13.2. The number of carbonyl (C=O) groups excluding carboxylic acids is 1. The highest BCUT2D eigenvalue weighted by Crippen LogP contribution is 2.32. The second-order valence-corrected chi connectivity index (χ2v) is 5.16. The van der Waals surface area contributed by atoms with Crippen LogP contribution in [0.3, 0.4) is 0 Å². The van der Waals surface area contributed by atoms with Crippen molar-refractivity contribution in [3.05, 3.63) is 23.5 Å². The first-order chi connectivity index (χ1) is 9.25. The van der Waals surface area contributed by atoms with Crippen molar-refractivity contribution in [1.29, 1.82) is 0 Å². The highest BCUT2D eigenvalue weighted by atomic mass is 19.1. The fraction of sp³-hybridized carbons (Fsp3) is 0.467. The topological polar surface area (TPSA) is 32.7 Å². The number of hydrogen-bond donors (Lipinski definition) is 0. The monoisotopic (exact) mass is 260 g/mol. The molecule has 3 rings (SSSR count). The summed E-state index contributed by atoms with van der Waals surface area (Å²) in [6.07, 6.45) is 6.49. The number of aliphatic imine (C=N–C) groups is 1. The highest BCUT2D eigenvalue weighted by Gasteiger charge is 2.21. The van der Waals surface area contributed by atoms with Crippen molar-refractivity contribution < 1.29 is 9.18 Å². The number of Topliss-reactive ketones (excluding diaryl/α,β-unsaturated/α-hetero) is 1. The maximum Gasteiger partial charge on any atom is 0.170 e. The Kier molecular flexibility index (Phi) is 3.32. The Morgan fingerprint density at radius 2 is 1.84 bits per heavy atom. The van der Waals surface area contributed by atoms with E-state index < -0.39 is 0 Å². The van der Waals surface area contributed by atoms with Crippen LogP contribution in [0, 0.1) is 5.82 Å². The van der Waals surface area contributed by atoms with E-state index in [1.807, 2.05) is 0 Å². The Bertz CT molecular complexity index is 531. The lowest BCUT2D eigenvalue weighted by Crippen LogP contribution is -2.25. The van der Waals surface area contributed by atoms with Gasteiger partial charge in [-0.2, -0.15) is 0 Å². The summed E-state index contributed by atoms with van der Waals surface area (Å²) in [5.41, 5.74) is 1.61. The van der Waals surface area contributed by atoms with E-state index in [1.54, 1.807) is 12.3 Å². The maximum absolute atomic E-state index is 14.2. The van der Waals surface area contributed by atoms with Crippen molar-refractivity contribution in [3.8, 4) is 0 Å². The molecule has 100 valence electrons. The number of anilines is 1. The second kappa shape index (κ2) is 5.11. The quantitative estimate of drug-likeness (QED) is 0.774. The van der Waals surface area contributed by atoms with Crippen LogP contribution in [-0.4, -0.2) is 25.1 Å². The first-order valence-corrected chi connectivity index (χ1v) is 6.90. The summed E-state index contributed by atoms with van der Waals surface area (Å²) >= 11 is 0. The van der Waals surface area contributed by atoms with Crippen molar-refractivity contribution in [2.45, 2.75) is 32.1 Å². The van der Waals surface area contributed by atoms with Gasteiger partial charge in [-0.15, -0.1) is 0 Å². The lowest BCUT2D eigenvalue weighted by Gasteiger charge is -2.24. The first kappa shape index (κ1) is 12.3.